The Morgan fingerprint density at radius 2 is 2.30 bits per heavy atom. The van der Waals surface area contributed by atoms with Crippen molar-refractivity contribution < 1.29 is 9.72 Å². The molecule has 1 saturated heterocycles. The number of halogens is 1. The standard InChI is InChI=1S/C13H17N3O3.ClH/c1-9-2-3-11(6-12(9)16(18)19)13(17)15-8-10-4-5-14-7-10;/h2-3,6,10,14H,4-5,7-8H2,1H3,(H,15,17);1H. The first-order valence-corrected chi connectivity index (χ1v) is 6.32. The van der Waals surface area contributed by atoms with Crippen LogP contribution >= 0.6 is 12.4 Å². The van der Waals surface area contributed by atoms with Crippen molar-refractivity contribution in [2.75, 3.05) is 19.6 Å². The van der Waals surface area contributed by atoms with Crippen molar-refractivity contribution >= 4 is 24.0 Å². The van der Waals surface area contributed by atoms with Crippen LogP contribution in [0, 0.1) is 23.0 Å². The molecular weight excluding hydrogens is 282 g/mol. The molecule has 1 heterocycles. The van der Waals surface area contributed by atoms with Gasteiger partial charge in [-0.1, -0.05) is 6.07 Å². The van der Waals surface area contributed by atoms with Crippen molar-refractivity contribution in [3.8, 4) is 0 Å². The first-order valence-electron chi connectivity index (χ1n) is 6.32. The van der Waals surface area contributed by atoms with E-state index in [-0.39, 0.29) is 24.0 Å². The fourth-order valence-electron chi connectivity index (χ4n) is 2.18. The highest BCUT2D eigenvalue weighted by Crippen LogP contribution is 2.19. The smallest absolute Gasteiger partial charge is 0.273 e. The molecule has 1 aromatic rings. The van der Waals surface area contributed by atoms with Gasteiger partial charge in [-0.25, -0.2) is 0 Å². The van der Waals surface area contributed by atoms with Gasteiger partial charge in [0.15, 0.2) is 0 Å². The maximum absolute atomic E-state index is 11.9. The van der Waals surface area contributed by atoms with Crippen molar-refractivity contribution in [3.63, 3.8) is 0 Å². The third-order valence-electron chi connectivity index (χ3n) is 3.38. The van der Waals surface area contributed by atoms with E-state index in [1.807, 2.05) is 0 Å². The number of nitro benzene ring substituents is 1. The molecular formula is C13H18ClN3O3. The van der Waals surface area contributed by atoms with E-state index in [1.54, 1.807) is 19.1 Å². The van der Waals surface area contributed by atoms with Crippen LogP contribution in [0.15, 0.2) is 18.2 Å². The predicted octanol–water partition coefficient (Wildman–Crippen LogP) is 1.66. The molecule has 20 heavy (non-hydrogen) atoms. The summed E-state index contributed by atoms with van der Waals surface area (Å²) in [6, 6.07) is 4.55. The molecule has 2 rings (SSSR count). The van der Waals surface area contributed by atoms with Crippen LogP contribution in [0.1, 0.15) is 22.3 Å². The van der Waals surface area contributed by atoms with E-state index in [2.05, 4.69) is 10.6 Å². The average molecular weight is 300 g/mol. The van der Waals surface area contributed by atoms with E-state index in [4.69, 9.17) is 0 Å². The van der Waals surface area contributed by atoms with Crippen molar-refractivity contribution in [3.05, 3.63) is 39.4 Å². The van der Waals surface area contributed by atoms with E-state index >= 15 is 0 Å². The third-order valence-corrected chi connectivity index (χ3v) is 3.38. The minimum absolute atomic E-state index is 0. The number of nitrogens with one attached hydrogen (secondary N) is 2. The average Bonchev–Trinajstić information content (AvgIpc) is 2.89. The number of hydrogen-bond donors (Lipinski definition) is 2. The third kappa shape index (κ3) is 3.91. The van der Waals surface area contributed by atoms with Gasteiger partial charge in [0, 0.05) is 23.7 Å². The fourth-order valence-corrected chi connectivity index (χ4v) is 2.18. The Morgan fingerprint density at radius 1 is 1.55 bits per heavy atom. The Bertz CT molecular complexity index is 502. The highest BCUT2D eigenvalue weighted by Gasteiger charge is 2.18. The molecule has 1 amide bonds. The molecule has 7 heteroatoms. The Labute approximate surface area is 123 Å². The molecule has 0 saturated carbocycles. The van der Waals surface area contributed by atoms with Gasteiger partial charge >= 0.3 is 0 Å². The van der Waals surface area contributed by atoms with Crippen LogP contribution in [-0.2, 0) is 0 Å². The molecule has 1 unspecified atom stereocenters. The van der Waals surface area contributed by atoms with Gasteiger partial charge in [-0.2, -0.15) is 0 Å². The SMILES string of the molecule is Cc1ccc(C(=O)NCC2CCNC2)cc1[N+](=O)[O-].Cl. The summed E-state index contributed by atoms with van der Waals surface area (Å²) in [5.74, 6) is 0.194. The molecule has 0 spiro atoms. The maximum Gasteiger partial charge on any atom is 0.273 e. The number of nitro groups is 1. The van der Waals surface area contributed by atoms with Gasteiger partial charge in [0.2, 0.25) is 0 Å². The minimum atomic E-state index is -0.465. The van der Waals surface area contributed by atoms with Gasteiger partial charge in [0.1, 0.15) is 0 Å². The molecule has 2 N–H and O–H groups in total. The summed E-state index contributed by atoms with van der Waals surface area (Å²) >= 11 is 0. The quantitative estimate of drug-likeness (QED) is 0.654. The molecule has 0 aliphatic carbocycles. The van der Waals surface area contributed by atoms with E-state index in [0.717, 1.165) is 19.5 Å². The van der Waals surface area contributed by atoms with Gasteiger partial charge in [-0.3, -0.25) is 14.9 Å². The second kappa shape index (κ2) is 7.21. The summed E-state index contributed by atoms with van der Waals surface area (Å²) in [5, 5.41) is 16.9. The van der Waals surface area contributed by atoms with E-state index in [9.17, 15) is 14.9 Å². The van der Waals surface area contributed by atoms with Gasteiger partial charge < -0.3 is 10.6 Å². The molecule has 0 bridgehead atoms. The summed E-state index contributed by atoms with van der Waals surface area (Å²) in [6.07, 6.45) is 1.05. The van der Waals surface area contributed by atoms with E-state index in [0.29, 0.717) is 23.6 Å². The maximum atomic E-state index is 11.9. The Kier molecular flexibility index (Phi) is 5.91. The largest absolute Gasteiger partial charge is 0.352 e. The normalized spacial score (nSPS) is 17.4. The molecule has 1 aliphatic heterocycles. The second-order valence-electron chi connectivity index (χ2n) is 4.83. The minimum Gasteiger partial charge on any atom is -0.352 e. The van der Waals surface area contributed by atoms with Crippen molar-refractivity contribution in [1.29, 1.82) is 0 Å². The monoisotopic (exact) mass is 299 g/mol. The van der Waals surface area contributed by atoms with Crippen molar-refractivity contribution in [2.24, 2.45) is 5.92 Å². The summed E-state index contributed by atoms with van der Waals surface area (Å²) in [6.45, 7) is 4.16. The lowest BCUT2D eigenvalue weighted by Crippen LogP contribution is -2.30. The number of rotatable bonds is 4. The van der Waals surface area contributed by atoms with Gasteiger partial charge in [0.05, 0.1) is 4.92 Å². The molecule has 6 nitrogen and oxygen atoms in total. The summed E-state index contributed by atoms with van der Waals surface area (Å²) in [4.78, 5) is 22.3. The van der Waals surface area contributed by atoms with Crippen molar-refractivity contribution in [2.45, 2.75) is 13.3 Å². The van der Waals surface area contributed by atoms with E-state index < -0.39 is 4.92 Å². The predicted molar refractivity (Wildman–Crippen MR) is 78.4 cm³/mol. The van der Waals surface area contributed by atoms with Crippen LogP contribution in [0.5, 0.6) is 0 Å². The Hall–Kier alpha value is -1.66. The number of nitrogens with zero attached hydrogens (tertiary/aromatic N) is 1. The lowest BCUT2D eigenvalue weighted by atomic mass is 10.1. The topological polar surface area (TPSA) is 84.3 Å². The first kappa shape index (κ1) is 16.4. The molecule has 1 atom stereocenters. The highest BCUT2D eigenvalue weighted by atomic mass is 35.5. The zero-order valence-corrected chi connectivity index (χ0v) is 12.0. The number of aryl methyl sites for hydroxylation is 1. The van der Waals surface area contributed by atoms with Gasteiger partial charge in [-0.05, 0) is 38.4 Å². The lowest BCUT2D eigenvalue weighted by molar-refractivity contribution is -0.385. The second-order valence-corrected chi connectivity index (χ2v) is 4.83. The first-order chi connectivity index (χ1) is 9.08. The number of benzene rings is 1. The number of amides is 1. The summed E-state index contributed by atoms with van der Waals surface area (Å²) < 4.78 is 0. The number of carbonyl (C=O) groups is 1. The zero-order valence-electron chi connectivity index (χ0n) is 11.2. The molecule has 1 fully saturated rings. The van der Waals surface area contributed by atoms with Crippen molar-refractivity contribution in [1.82, 2.24) is 10.6 Å². The lowest BCUT2D eigenvalue weighted by Gasteiger charge is -2.10. The molecule has 1 aromatic carbocycles. The molecule has 110 valence electrons. The molecule has 0 aromatic heterocycles. The fraction of sp³-hybridized carbons (Fsp3) is 0.462. The van der Waals surface area contributed by atoms with Crippen LogP contribution in [0.2, 0.25) is 0 Å². The van der Waals surface area contributed by atoms with E-state index in [1.165, 1.54) is 6.07 Å². The molecule has 1 aliphatic rings. The Morgan fingerprint density at radius 3 is 2.90 bits per heavy atom. The summed E-state index contributed by atoms with van der Waals surface area (Å²) in [5.41, 5.74) is 0.875. The summed E-state index contributed by atoms with van der Waals surface area (Å²) in [7, 11) is 0. The van der Waals surface area contributed by atoms with Gasteiger partial charge in [0.25, 0.3) is 11.6 Å². The van der Waals surface area contributed by atoms with Crippen LogP contribution in [-0.4, -0.2) is 30.5 Å². The Balaban J connectivity index is 0.00000200. The molecule has 0 radical (unpaired) electrons. The highest BCUT2D eigenvalue weighted by molar-refractivity contribution is 5.95. The van der Waals surface area contributed by atoms with Crippen LogP contribution in [0.3, 0.4) is 0 Å². The van der Waals surface area contributed by atoms with Gasteiger partial charge in [-0.15, -0.1) is 12.4 Å². The number of carbonyl (C=O) groups excluding carboxylic acids is 1. The van der Waals surface area contributed by atoms with Crippen LogP contribution in [0.25, 0.3) is 0 Å². The number of hydrogen-bond acceptors (Lipinski definition) is 4. The van der Waals surface area contributed by atoms with Crippen LogP contribution < -0.4 is 10.6 Å². The zero-order chi connectivity index (χ0) is 13.8. The van der Waals surface area contributed by atoms with Crippen LogP contribution in [0.4, 0.5) is 5.69 Å².